The van der Waals surface area contributed by atoms with Crippen molar-refractivity contribution in [3.05, 3.63) is 0 Å². The molecule has 0 aliphatic heterocycles. The van der Waals surface area contributed by atoms with E-state index in [2.05, 4.69) is 6.92 Å². The van der Waals surface area contributed by atoms with Gasteiger partial charge < -0.3 is 19.8 Å². The second kappa shape index (κ2) is 26.1. The third-order valence-corrected chi connectivity index (χ3v) is 8.23. The van der Waals surface area contributed by atoms with Crippen molar-refractivity contribution in [2.75, 3.05) is 0 Å². The monoisotopic (exact) mass is 550 g/mol. The zero-order valence-electron chi connectivity index (χ0n) is 23.4. The molecule has 0 aromatic carbocycles. The van der Waals surface area contributed by atoms with E-state index < -0.39 is 39.6 Å². The van der Waals surface area contributed by atoms with Crippen LogP contribution in [-0.4, -0.2) is 29.7 Å². The van der Waals surface area contributed by atoms with Crippen molar-refractivity contribution in [2.45, 2.75) is 153 Å². The molecule has 1 N–H and O–H groups in total. The molecule has 1 atom stereocenters. The summed E-state index contributed by atoms with van der Waals surface area (Å²) in [6.07, 6.45) is 21.7. The number of carboxylic acid groups (broad SMARTS) is 2. The maximum atomic E-state index is 11.5. The summed E-state index contributed by atoms with van der Waals surface area (Å²) in [5.74, 6) is -3.95. The standard InChI is InChI=1S/C26H50O7S.2Na/c1-2-3-4-5-6-7-8-9-10-11-12-13-14-15-16-17-18-19-20-21-22-26(25(29)30,23-24(27)28)34(31,32)33;;/h2-23H2,1H3,(H,27,28)(H,29,30)(H,31,32,33);;/q;2*+1/p-2. The Bertz CT molecular complexity index is 644. The van der Waals surface area contributed by atoms with Crippen molar-refractivity contribution in [3.8, 4) is 0 Å². The summed E-state index contributed by atoms with van der Waals surface area (Å²) in [7, 11) is -5.13. The zero-order chi connectivity index (χ0) is 25.7. The summed E-state index contributed by atoms with van der Waals surface area (Å²) >= 11 is 0. The first-order valence-corrected chi connectivity index (χ1v) is 15.0. The molecule has 0 amide bonds. The molecular weight excluding hydrogens is 502 g/mol. The van der Waals surface area contributed by atoms with Crippen molar-refractivity contribution >= 4 is 22.1 Å². The molecule has 0 aromatic rings. The van der Waals surface area contributed by atoms with Crippen molar-refractivity contribution in [3.63, 3.8) is 0 Å². The van der Waals surface area contributed by atoms with E-state index in [1.165, 1.54) is 89.9 Å². The van der Waals surface area contributed by atoms with Crippen LogP contribution < -0.4 is 69.3 Å². The third kappa shape index (κ3) is 20.8. The van der Waals surface area contributed by atoms with Gasteiger partial charge in [-0.05, 0) is 6.42 Å². The first kappa shape index (κ1) is 41.3. The minimum absolute atomic E-state index is 0. The van der Waals surface area contributed by atoms with Gasteiger partial charge in [0.05, 0.1) is 5.97 Å². The van der Waals surface area contributed by atoms with Gasteiger partial charge in [-0.1, -0.05) is 135 Å². The Labute approximate surface area is 264 Å². The molecule has 0 aromatic heterocycles. The average molecular weight is 551 g/mol. The summed E-state index contributed by atoms with van der Waals surface area (Å²) in [6.45, 7) is 2.25. The third-order valence-electron chi connectivity index (χ3n) is 6.73. The minimum Gasteiger partial charge on any atom is -0.550 e. The van der Waals surface area contributed by atoms with Crippen LogP contribution in [0, 0.1) is 0 Å². The molecule has 0 aliphatic rings. The Morgan fingerprint density at radius 3 is 1.11 bits per heavy atom. The number of carbonyl (C=O) groups excluding carboxylic acids is 2. The zero-order valence-corrected chi connectivity index (χ0v) is 28.2. The number of aliphatic carboxylic acids is 2. The number of carboxylic acids is 2. The second-order valence-corrected chi connectivity index (χ2v) is 11.5. The number of rotatable bonds is 25. The van der Waals surface area contributed by atoms with Gasteiger partial charge in [0.2, 0.25) is 0 Å². The van der Waals surface area contributed by atoms with Crippen molar-refractivity contribution in [1.82, 2.24) is 0 Å². The van der Waals surface area contributed by atoms with Crippen molar-refractivity contribution in [2.24, 2.45) is 0 Å². The van der Waals surface area contributed by atoms with Crippen LogP contribution in [0.5, 0.6) is 0 Å². The molecule has 1 unspecified atom stereocenters. The van der Waals surface area contributed by atoms with Crippen LogP contribution in [0.15, 0.2) is 0 Å². The molecular formula is C26H48Na2O7S. The van der Waals surface area contributed by atoms with Gasteiger partial charge in [0.1, 0.15) is 4.75 Å². The molecule has 0 radical (unpaired) electrons. The number of carbonyl (C=O) groups is 2. The van der Waals surface area contributed by atoms with Gasteiger partial charge in [-0.3, -0.25) is 4.55 Å². The summed E-state index contributed by atoms with van der Waals surface area (Å²) in [4.78, 5) is 22.1. The number of hydrogen-bond donors (Lipinski definition) is 1. The molecule has 0 fully saturated rings. The van der Waals surface area contributed by atoms with Crippen molar-refractivity contribution < 1.29 is 91.9 Å². The quantitative estimate of drug-likeness (QED) is 0.0850. The van der Waals surface area contributed by atoms with Gasteiger partial charge in [0.25, 0.3) is 10.1 Å². The summed E-state index contributed by atoms with van der Waals surface area (Å²) in [6, 6.07) is 0. The van der Waals surface area contributed by atoms with E-state index in [1.807, 2.05) is 0 Å². The Morgan fingerprint density at radius 2 is 0.889 bits per heavy atom. The molecule has 0 rings (SSSR count). The van der Waals surface area contributed by atoms with Gasteiger partial charge >= 0.3 is 59.1 Å². The maximum absolute atomic E-state index is 11.5. The van der Waals surface area contributed by atoms with Crippen LogP contribution in [-0.2, 0) is 19.7 Å². The van der Waals surface area contributed by atoms with Gasteiger partial charge in [-0.25, -0.2) is 0 Å². The topological polar surface area (TPSA) is 135 Å². The minimum atomic E-state index is -5.13. The van der Waals surface area contributed by atoms with Crippen molar-refractivity contribution in [1.29, 1.82) is 0 Å². The number of unbranched alkanes of at least 4 members (excludes halogenated alkanes) is 19. The number of hydrogen-bond acceptors (Lipinski definition) is 6. The van der Waals surface area contributed by atoms with Crippen LogP contribution in [0.25, 0.3) is 0 Å². The largest absolute Gasteiger partial charge is 1.00 e. The molecule has 0 saturated carbocycles. The predicted molar refractivity (Wildman–Crippen MR) is 132 cm³/mol. The van der Waals surface area contributed by atoms with E-state index >= 15 is 0 Å². The molecule has 7 nitrogen and oxygen atoms in total. The molecule has 202 valence electrons. The molecule has 36 heavy (non-hydrogen) atoms. The summed E-state index contributed by atoms with van der Waals surface area (Å²) < 4.78 is 29.4. The SMILES string of the molecule is CCCCCCCCCCCCCCCCCCCCCCC(CC(=O)[O-])(C(=O)[O-])S(=O)(=O)O.[Na+].[Na+]. The van der Waals surface area contributed by atoms with Crippen LogP contribution in [0.1, 0.15) is 148 Å². The fraction of sp³-hybridized carbons (Fsp3) is 0.923. The normalized spacial score (nSPS) is 12.8. The van der Waals surface area contributed by atoms with Gasteiger partial charge in [-0.15, -0.1) is 0 Å². The van der Waals surface area contributed by atoms with E-state index in [0.717, 1.165) is 25.7 Å². The Morgan fingerprint density at radius 1 is 0.611 bits per heavy atom. The van der Waals surface area contributed by atoms with E-state index in [1.54, 1.807) is 0 Å². The fourth-order valence-electron chi connectivity index (χ4n) is 4.49. The van der Waals surface area contributed by atoms with Gasteiger partial charge in [-0.2, -0.15) is 8.42 Å². The van der Waals surface area contributed by atoms with Gasteiger partial charge in [0, 0.05) is 12.4 Å². The molecule has 0 saturated heterocycles. The van der Waals surface area contributed by atoms with Crippen LogP contribution in [0.2, 0.25) is 0 Å². The Kier molecular flexibility index (Phi) is 30.0. The molecule has 0 aliphatic carbocycles. The van der Waals surface area contributed by atoms with Crippen LogP contribution >= 0.6 is 0 Å². The van der Waals surface area contributed by atoms with Crippen LogP contribution in [0.3, 0.4) is 0 Å². The van der Waals surface area contributed by atoms with Crippen LogP contribution in [0.4, 0.5) is 0 Å². The van der Waals surface area contributed by atoms with E-state index in [4.69, 9.17) is 0 Å². The average Bonchev–Trinajstić information content (AvgIpc) is 2.75. The first-order chi connectivity index (χ1) is 16.2. The van der Waals surface area contributed by atoms with E-state index in [-0.39, 0.29) is 65.5 Å². The van der Waals surface area contributed by atoms with E-state index in [9.17, 15) is 32.8 Å². The first-order valence-electron chi connectivity index (χ1n) is 13.6. The Balaban J connectivity index is -0.00000544. The smallest absolute Gasteiger partial charge is 0.550 e. The molecule has 0 bridgehead atoms. The summed E-state index contributed by atoms with van der Waals surface area (Å²) in [5.41, 5.74) is 0. The molecule has 0 spiro atoms. The Hall–Kier alpha value is 0.850. The second-order valence-electron chi connectivity index (χ2n) is 9.77. The maximum Gasteiger partial charge on any atom is 1.00 e. The van der Waals surface area contributed by atoms with E-state index in [0.29, 0.717) is 6.42 Å². The molecule has 10 heteroatoms. The summed E-state index contributed by atoms with van der Waals surface area (Å²) in [5, 5.41) is 22.1. The predicted octanol–water partition coefficient (Wildman–Crippen LogP) is -1.28. The van der Waals surface area contributed by atoms with Gasteiger partial charge in [0.15, 0.2) is 0 Å². The molecule has 0 heterocycles. The fourth-order valence-corrected chi connectivity index (χ4v) is 5.40.